The first-order valence-corrected chi connectivity index (χ1v) is 8.70. The zero-order chi connectivity index (χ0) is 14.8. The summed E-state index contributed by atoms with van der Waals surface area (Å²) in [5, 5.41) is 0.535. The maximum Gasteiger partial charge on any atom is 0.240 e. The van der Waals surface area contributed by atoms with Crippen LogP contribution < -0.4 is 4.72 Å². The molecule has 4 nitrogen and oxygen atoms in total. The highest BCUT2D eigenvalue weighted by molar-refractivity contribution is 7.89. The van der Waals surface area contributed by atoms with Crippen LogP contribution in [0.1, 0.15) is 25.7 Å². The van der Waals surface area contributed by atoms with Gasteiger partial charge in [0.05, 0.1) is 4.90 Å². The van der Waals surface area contributed by atoms with E-state index in [1.165, 1.54) is 12.1 Å². The third kappa shape index (κ3) is 3.73. The molecule has 0 radical (unpaired) electrons. The number of sulfonamides is 1. The first kappa shape index (κ1) is 15.8. The molecule has 6 heteroatoms. The minimum atomic E-state index is -3.48. The second-order valence-electron chi connectivity index (χ2n) is 5.50. The summed E-state index contributed by atoms with van der Waals surface area (Å²) in [6, 6.07) is 6.50. The van der Waals surface area contributed by atoms with Gasteiger partial charge < -0.3 is 4.90 Å². The Hall–Kier alpha value is -0.620. The summed E-state index contributed by atoms with van der Waals surface area (Å²) in [5.74, 6) is 0. The molecule has 0 amide bonds. The molecular formula is C14H21ClN2O2S. The van der Waals surface area contributed by atoms with E-state index in [2.05, 4.69) is 9.62 Å². The third-order valence-corrected chi connectivity index (χ3v) is 5.58. The van der Waals surface area contributed by atoms with Gasteiger partial charge in [0.15, 0.2) is 0 Å². The van der Waals surface area contributed by atoms with E-state index in [1.807, 2.05) is 14.1 Å². The highest BCUT2D eigenvalue weighted by Crippen LogP contribution is 2.23. The molecule has 2 atom stereocenters. The number of halogens is 1. The van der Waals surface area contributed by atoms with Crippen LogP contribution in [0.15, 0.2) is 29.2 Å². The summed E-state index contributed by atoms with van der Waals surface area (Å²) in [5.41, 5.74) is 0. The van der Waals surface area contributed by atoms with Crippen molar-refractivity contribution in [2.24, 2.45) is 0 Å². The van der Waals surface area contributed by atoms with Crippen LogP contribution in [0.2, 0.25) is 5.02 Å². The van der Waals surface area contributed by atoms with Crippen LogP contribution in [0.4, 0.5) is 0 Å². The topological polar surface area (TPSA) is 49.4 Å². The van der Waals surface area contributed by atoms with Gasteiger partial charge in [-0.05, 0) is 51.2 Å². The Bertz CT molecular complexity index is 543. The average Bonchev–Trinajstić information content (AvgIpc) is 2.39. The van der Waals surface area contributed by atoms with E-state index in [9.17, 15) is 8.42 Å². The molecule has 2 rings (SSSR count). The fraction of sp³-hybridized carbons (Fsp3) is 0.571. The van der Waals surface area contributed by atoms with Gasteiger partial charge in [-0.15, -0.1) is 0 Å². The number of hydrogen-bond donors (Lipinski definition) is 1. The van der Waals surface area contributed by atoms with Crippen molar-refractivity contribution in [3.05, 3.63) is 29.3 Å². The van der Waals surface area contributed by atoms with Crippen molar-refractivity contribution in [1.82, 2.24) is 9.62 Å². The fourth-order valence-corrected chi connectivity index (χ4v) is 4.18. The maximum atomic E-state index is 12.4. The first-order chi connectivity index (χ1) is 9.40. The number of nitrogens with one attached hydrogen (secondary N) is 1. The van der Waals surface area contributed by atoms with Crippen LogP contribution in [0, 0.1) is 0 Å². The number of likely N-dealkylation sites (N-methyl/N-ethyl adjacent to an activating group) is 1. The van der Waals surface area contributed by atoms with E-state index in [4.69, 9.17) is 11.6 Å². The summed E-state index contributed by atoms with van der Waals surface area (Å²) in [6.45, 7) is 0. The van der Waals surface area contributed by atoms with E-state index in [-0.39, 0.29) is 17.0 Å². The van der Waals surface area contributed by atoms with E-state index in [0.29, 0.717) is 5.02 Å². The number of benzene rings is 1. The quantitative estimate of drug-likeness (QED) is 0.928. The first-order valence-electron chi connectivity index (χ1n) is 6.84. The Morgan fingerprint density at radius 3 is 2.35 bits per heavy atom. The number of hydrogen-bond acceptors (Lipinski definition) is 3. The van der Waals surface area contributed by atoms with Gasteiger partial charge in [-0.25, -0.2) is 13.1 Å². The van der Waals surface area contributed by atoms with Gasteiger partial charge in [0, 0.05) is 17.1 Å². The number of rotatable bonds is 4. The summed E-state index contributed by atoms with van der Waals surface area (Å²) >= 11 is 5.80. The van der Waals surface area contributed by atoms with Crippen molar-refractivity contribution in [3.63, 3.8) is 0 Å². The highest BCUT2D eigenvalue weighted by Gasteiger charge is 2.30. The van der Waals surface area contributed by atoms with Gasteiger partial charge in [-0.2, -0.15) is 0 Å². The van der Waals surface area contributed by atoms with Crippen molar-refractivity contribution >= 4 is 21.6 Å². The minimum absolute atomic E-state index is 0.0283. The molecule has 1 aliphatic carbocycles. The Kier molecular flexibility index (Phi) is 5.07. The predicted octanol–water partition coefficient (Wildman–Crippen LogP) is 2.49. The van der Waals surface area contributed by atoms with Crippen LogP contribution >= 0.6 is 11.6 Å². The van der Waals surface area contributed by atoms with E-state index in [1.54, 1.807) is 12.1 Å². The summed E-state index contributed by atoms with van der Waals surface area (Å²) in [7, 11) is 0.521. The second-order valence-corrected chi connectivity index (χ2v) is 7.65. The molecule has 1 N–H and O–H groups in total. The van der Waals surface area contributed by atoms with Crippen molar-refractivity contribution in [1.29, 1.82) is 0 Å². The van der Waals surface area contributed by atoms with Crippen molar-refractivity contribution in [3.8, 4) is 0 Å². The van der Waals surface area contributed by atoms with Crippen molar-refractivity contribution < 1.29 is 8.42 Å². The molecule has 0 heterocycles. The Morgan fingerprint density at radius 1 is 1.15 bits per heavy atom. The van der Waals surface area contributed by atoms with Gasteiger partial charge in [0.2, 0.25) is 10.0 Å². The maximum absolute atomic E-state index is 12.4. The van der Waals surface area contributed by atoms with Gasteiger partial charge in [0.25, 0.3) is 0 Å². The molecule has 0 bridgehead atoms. The highest BCUT2D eigenvalue weighted by atomic mass is 35.5. The molecule has 1 aromatic carbocycles. The second kappa shape index (κ2) is 6.43. The fourth-order valence-electron chi connectivity index (χ4n) is 2.75. The summed E-state index contributed by atoms with van der Waals surface area (Å²) in [6.07, 6.45) is 4.14. The van der Waals surface area contributed by atoms with Crippen molar-refractivity contribution in [2.75, 3.05) is 14.1 Å². The molecular weight excluding hydrogens is 296 g/mol. The van der Waals surface area contributed by atoms with E-state index < -0.39 is 10.0 Å². The normalized spacial score (nSPS) is 24.0. The smallest absolute Gasteiger partial charge is 0.240 e. The Balaban J connectivity index is 2.16. The summed E-state index contributed by atoms with van der Waals surface area (Å²) < 4.78 is 27.7. The molecule has 0 aromatic heterocycles. The summed E-state index contributed by atoms with van der Waals surface area (Å²) in [4.78, 5) is 2.37. The Labute approximate surface area is 126 Å². The largest absolute Gasteiger partial charge is 0.305 e. The van der Waals surface area contributed by atoms with Crippen LogP contribution in [-0.2, 0) is 10.0 Å². The third-order valence-electron chi connectivity index (χ3n) is 3.82. The lowest BCUT2D eigenvalue weighted by Crippen LogP contribution is -2.50. The standard InChI is InChI=1S/C14H21ClN2O2S/c1-17(2)14-6-4-3-5-13(14)16-20(18,19)12-9-7-11(15)8-10-12/h7-10,13-14,16H,3-6H2,1-2H3/t13-,14-/m1/s1. The van der Waals surface area contributed by atoms with Crippen LogP contribution in [0.3, 0.4) is 0 Å². The SMILES string of the molecule is CN(C)[C@@H]1CCCC[C@H]1NS(=O)(=O)c1ccc(Cl)cc1. The van der Waals surface area contributed by atoms with Gasteiger partial charge in [-0.1, -0.05) is 24.4 Å². The minimum Gasteiger partial charge on any atom is -0.305 e. The lowest BCUT2D eigenvalue weighted by atomic mass is 9.90. The molecule has 112 valence electrons. The predicted molar refractivity (Wildman–Crippen MR) is 81.5 cm³/mol. The monoisotopic (exact) mass is 316 g/mol. The lowest BCUT2D eigenvalue weighted by Gasteiger charge is -2.36. The molecule has 0 aliphatic heterocycles. The molecule has 1 fully saturated rings. The molecule has 1 aliphatic rings. The molecule has 0 saturated heterocycles. The lowest BCUT2D eigenvalue weighted by molar-refractivity contribution is 0.191. The molecule has 1 saturated carbocycles. The van der Waals surface area contributed by atoms with Gasteiger partial charge in [0.1, 0.15) is 0 Å². The molecule has 1 aromatic rings. The zero-order valence-corrected chi connectivity index (χ0v) is 13.4. The Morgan fingerprint density at radius 2 is 1.75 bits per heavy atom. The van der Waals surface area contributed by atoms with E-state index >= 15 is 0 Å². The van der Waals surface area contributed by atoms with Crippen LogP contribution in [-0.4, -0.2) is 39.5 Å². The average molecular weight is 317 g/mol. The van der Waals surface area contributed by atoms with Crippen LogP contribution in [0.25, 0.3) is 0 Å². The molecule has 0 spiro atoms. The van der Waals surface area contributed by atoms with E-state index in [0.717, 1.165) is 25.7 Å². The zero-order valence-electron chi connectivity index (χ0n) is 11.8. The molecule has 0 unspecified atom stereocenters. The van der Waals surface area contributed by atoms with Gasteiger partial charge in [-0.3, -0.25) is 0 Å². The molecule has 20 heavy (non-hydrogen) atoms. The van der Waals surface area contributed by atoms with Crippen LogP contribution in [0.5, 0.6) is 0 Å². The van der Waals surface area contributed by atoms with Gasteiger partial charge >= 0.3 is 0 Å². The number of nitrogens with zero attached hydrogens (tertiary/aromatic N) is 1. The van der Waals surface area contributed by atoms with Crippen molar-refractivity contribution in [2.45, 2.75) is 42.7 Å².